The predicted octanol–water partition coefficient (Wildman–Crippen LogP) is 1.52. The zero-order valence-electron chi connectivity index (χ0n) is 18.3. The fourth-order valence-corrected chi connectivity index (χ4v) is 3.13. The first-order valence-corrected chi connectivity index (χ1v) is 10.0. The Balaban J connectivity index is 2.13. The number of guanidine groups is 1. The smallest absolute Gasteiger partial charge is 0.243 e. The first kappa shape index (κ1) is 22.8. The van der Waals surface area contributed by atoms with Gasteiger partial charge in [0.15, 0.2) is 17.5 Å². The summed E-state index contributed by atoms with van der Waals surface area (Å²) in [7, 11) is 6.77. The van der Waals surface area contributed by atoms with Gasteiger partial charge in [-0.3, -0.25) is 4.79 Å². The topological polar surface area (TPSA) is 75.6 Å². The van der Waals surface area contributed by atoms with Crippen LogP contribution in [-0.2, 0) is 22.5 Å². The summed E-state index contributed by atoms with van der Waals surface area (Å²) < 4.78 is 16.3. The molecular formula is C21H34N4O4. The molecule has 29 heavy (non-hydrogen) atoms. The maximum atomic E-state index is 12.0. The molecule has 1 aliphatic rings. The van der Waals surface area contributed by atoms with E-state index in [0.29, 0.717) is 19.8 Å². The Morgan fingerprint density at radius 3 is 2.52 bits per heavy atom. The Kier molecular flexibility index (Phi) is 9.05. The van der Waals surface area contributed by atoms with Crippen LogP contribution in [-0.4, -0.2) is 82.8 Å². The summed E-state index contributed by atoms with van der Waals surface area (Å²) in [5.74, 6) is 2.19. The third-order valence-electron chi connectivity index (χ3n) is 4.83. The summed E-state index contributed by atoms with van der Waals surface area (Å²) in [4.78, 5) is 20.3. The molecule has 0 unspecified atom stereocenters. The van der Waals surface area contributed by atoms with Crippen LogP contribution >= 0.6 is 0 Å². The van der Waals surface area contributed by atoms with Gasteiger partial charge in [-0.1, -0.05) is 0 Å². The SMILES string of the molecule is CCOCCCNC(=NCC(=O)N(C)C)N1CCc2cc(OC)c(OC)cc2C1. The van der Waals surface area contributed by atoms with Crippen molar-refractivity contribution in [1.82, 2.24) is 15.1 Å². The standard InChI is InChI=1S/C21H34N4O4/c1-6-29-11-7-9-22-21(23-14-20(26)24(2)3)25-10-8-16-12-18(27-4)19(28-5)13-17(16)15-25/h12-13H,6-11,14-15H2,1-5H3,(H,22,23). The zero-order chi connectivity index (χ0) is 21.2. The molecule has 8 nitrogen and oxygen atoms in total. The number of nitrogens with zero attached hydrogens (tertiary/aromatic N) is 3. The minimum absolute atomic E-state index is 0.0255. The molecule has 1 aliphatic heterocycles. The van der Waals surface area contributed by atoms with E-state index in [0.717, 1.165) is 43.4 Å². The van der Waals surface area contributed by atoms with Crippen LogP contribution in [0, 0.1) is 0 Å². The number of likely N-dealkylation sites (N-methyl/N-ethyl adjacent to an activating group) is 1. The fourth-order valence-electron chi connectivity index (χ4n) is 3.13. The van der Waals surface area contributed by atoms with Gasteiger partial charge in [-0.05, 0) is 43.0 Å². The molecule has 1 heterocycles. The highest BCUT2D eigenvalue weighted by Crippen LogP contribution is 2.33. The number of fused-ring (bicyclic) bond motifs is 1. The van der Waals surface area contributed by atoms with Gasteiger partial charge in [0.25, 0.3) is 0 Å². The van der Waals surface area contributed by atoms with Gasteiger partial charge in [0.2, 0.25) is 5.91 Å². The predicted molar refractivity (Wildman–Crippen MR) is 114 cm³/mol. The van der Waals surface area contributed by atoms with E-state index in [9.17, 15) is 4.79 Å². The van der Waals surface area contributed by atoms with Crippen LogP contribution in [0.4, 0.5) is 0 Å². The van der Waals surface area contributed by atoms with Gasteiger partial charge in [-0.2, -0.15) is 0 Å². The molecule has 1 N–H and O–H groups in total. The number of hydrogen-bond donors (Lipinski definition) is 1. The van der Waals surface area contributed by atoms with Crippen molar-refractivity contribution in [3.63, 3.8) is 0 Å². The second-order valence-electron chi connectivity index (χ2n) is 7.05. The van der Waals surface area contributed by atoms with Gasteiger partial charge in [0.05, 0.1) is 14.2 Å². The van der Waals surface area contributed by atoms with Crippen molar-refractivity contribution in [3.8, 4) is 11.5 Å². The molecule has 0 saturated heterocycles. The molecule has 8 heteroatoms. The summed E-state index contributed by atoms with van der Waals surface area (Å²) in [6, 6.07) is 4.07. The highest BCUT2D eigenvalue weighted by Gasteiger charge is 2.22. The summed E-state index contributed by atoms with van der Waals surface area (Å²) in [5, 5.41) is 3.39. The lowest BCUT2D eigenvalue weighted by Crippen LogP contribution is -2.45. The van der Waals surface area contributed by atoms with Gasteiger partial charge in [-0.25, -0.2) is 4.99 Å². The molecule has 0 saturated carbocycles. The minimum atomic E-state index is -0.0255. The van der Waals surface area contributed by atoms with Crippen molar-refractivity contribution in [2.45, 2.75) is 26.3 Å². The molecule has 1 amide bonds. The Labute approximate surface area is 173 Å². The average molecular weight is 407 g/mol. The second-order valence-corrected chi connectivity index (χ2v) is 7.05. The molecule has 2 rings (SSSR count). The monoisotopic (exact) mass is 406 g/mol. The summed E-state index contributed by atoms with van der Waals surface area (Å²) in [6.45, 7) is 5.78. The maximum absolute atomic E-state index is 12.0. The lowest BCUT2D eigenvalue weighted by Gasteiger charge is -2.32. The third-order valence-corrected chi connectivity index (χ3v) is 4.83. The Bertz CT molecular complexity index is 706. The third kappa shape index (κ3) is 6.52. The molecule has 0 aliphatic carbocycles. The number of carbonyl (C=O) groups is 1. The van der Waals surface area contributed by atoms with Gasteiger partial charge < -0.3 is 29.3 Å². The van der Waals surface area contributed by atoms with E-state index in [1.807, 2.05) is 19.1 Å². The number of ether oxygens (including phenoxy) is 3. The van der Waals surface area contributed by atoms with Crippen molar-refractivity contribution in [2.24, 2.45) is 4.99 Å². The molecule has 1 aromatic carbocycles. The summed E-state index contributed by atoms with van der Waals surface area (Å²) in [5.41, 5.74) is 2.43. The normalized spacial score (nSPS) is 13.7. The fraction of sp³-hybridized carbons (Fsp3) is 0.619. The molecule has 0 fully saturated rings. The van der Waals surface area contributed by atoms with Crippen molar-refractivity contribution >= 4 is 11.9 Å². The van der Waals surface area contributed by atoms with Crippen LogP contribution in [0.5, 0.6) is 11.5 Å². The van der Waals surface area contributed by atoms with E-state index >= 15 is 0 Å². The van der Waals surface area contributed by atoms with Gasteiger partial charge in [0.1, 0.15) is 6.54 Å². The maximum Gasteiger partial charge on any atom is 0.243 e. The lowest BCUT2D eigenvalue weighted by atomic mass is 9.99. The van der Waals surface area contributed by atoms with Crippen LogP contribution in [0.15, 0.2) is 17.1 Å². The van der Waals surface area contributed by atoms with Crippen LogP contribution in [0.1, 0.15) is 24.5 Å². The quantitative estimate of drug-likeness (QED) is 0.381. The van der Waals surface area contributed by atoms with E-state index in [1.54, 1.807) is 33.2 Å². The van der Waals surface area contributed by atoms with E-state index in [-0.39, 0.29) is 12.5 Å². The molecule has 0 bridgehead atoms. The number of rotatable bonds is 9. The van der Waals surface area contributed by atoms with Gasteiger partial charge >= 0.3 is 0 Å². The van der Waals surface area contributed by atoms with Crippen LogP contribution in [0.2, 0.25) is 0 Å². The number of benzene rings is 1. The van der Waals surface area contributed by atoms with Crippen molar-refractivity contribution in [1.29, 1.82) is 0 Å². The molecule has 162 valence electrons. The molecule has 0 aromatic heterocycles. The molecule has 0 spiro atoms. The number of methoxy groups -OCH3 is 2. The number of hydrogen-bond acceptors (Lipinski definition) is 5. The molecule has 0 radical (unpaired) electrons. The van der Waals surface area contributed by atoms with E-state index in [4.69, 9.17) is 14.2 Å². The van der Waals surface area contributed by atoms with E-state index in [1.165, 1.54) is 11.1 Å². The largest absolute Gasteiger partial charge is 0.493 e. The van der Waals surface area contributed by atoms with Crippen LogP contribution in [0.25, 0.3) is 0 Å². The minimum Gasteiger partial charge on any atom is -0.493 e. The highest BCUT2D eigenvalue weighted by atomic mass is 16.5. The summed E-state index contributed by atoms with van der Waals surface area (Å²) >= 11 is 0. The molecule has 0 atom stereocenters. The lowest BCUT2D eigenvalue weighted by molar-refractivity contribution is -0.127. The Hall–Kier alpha value is -2.48. The highest BCUT2D eigenvalue weighted by molar-refractivity contribution is 5.85. The second kappa shape index (κ2) is 11.5. The molecular weight excluding hydrogens is 372 g/mol. The number of amides is 1. The van der Waals surface area contributed by atoms with Crippen LogP contribution < -0.4 is 14.8 Å². The van der Waals surface area contributed by atoms with Crippen molar-refractivity contribution in [2.75, 3.05) is 61.2 Å². The van der Waals surface area contributed by atoms with Gasteiger partial charge in [0, 0.05) is 46.9 Å². The van der Waals surface area contributed by atoms with E-state index in [2.05, 4.69) is 15.2 Å². The number of nitrogens with one attached hydrogen (secondary N) is 1. The average Bonchev–Trinajstić information content (AvgIpc) is 2.73. The first-order valence-electron chi connectivity index (χ1n) is 10.0. The van der Waals surface area contributed by atoms with Gasteiger partial charge in [-0.15, -0.1) is 0 Å². The van der Waals surface area contributed by atoms with Crippen molar-refractivity contribution in [3.05, 3.63) is 23.3 Å². The zero-order valence-corrected chi connectivity index (χ0v) is 18.3. The number of carbonyl (C=O) groups excluding carboxylic acids is 1. The number of aliphatic imine (C=N–C) groups is 1. The first-order chi connectivity index (χ1) is 14.0. The Morgan fingerprint density at radius 1 is 1.21 bits per heavy atom. The Morgan fingerprint density at radius 2 is 1.90 bits per heavy atom. The van der Waals surface area contributed by atoms with E-state index < -0.39 is 0 Å². The summed E-state index contributed by atoms with van der Waals surface area (Å²) in [6.07, 6.45) is 1.75. The van der Waals surface area contributed by atoms with Crippen molar-refractivity contribution < 1.29 is 19.0 Å². The van der Waals surface area contributed by atoms with Crippen LogP contribution in [0.3, 0.4) is 0 Å². The molecule has 1 aromatic rings.